The van der Waals surface area contributed by atoms with Crippen LogP contribution in [-0.4, -0.2) is 25.0 Å². The highest BCUT2D eigenvalue weighted by Crippen LogP contribution is 2.31. The van der Waals surface area contributed by atoms with Crippen molar-refractivity contribution in [2.45, 2.75) is 6.92 Å². The number of carbonyl (C=O) groups excluding carboxylic acids is 2. The topological polar surface area (TPSA) is 58.6 Å². The monoisotopic (exact) mass is 314 g/mol. The Morgan fingerprint density at radius 2 is 2.04 bits per heavy atom. The number of nitrogens with zero attached hydrogens (tertiary/aromatic N) is 1. The van der Waals surface area contributed by atoms with Crippen LogP contribution in [0.2, 0.25) is 0 Å². The second-order valence-corrected chi connectivity index (χ2v) is 5.20. The second kappa shape index (κ2) is 6.08. The number of nitrogens with one attached hydrogen (secondary N) is 1. The molecule has 2 aromatic rings. The highest BCUT2D eigenvalue weighted by molar-refractivity contribution is 6.05. The molecule has 0 unspecified atom stereocenters. The van der Waals surface area contributed by atoms with E-state index >= 15 is 0 Å². The fourth-order valence-electron chi connectivity index (χ4n) is 2.40. The minimum atomic E-state index is -0.399. The number of hydrogen-bond acceptors (Lipinski definition) is 3. The van der Waals surface area contributed by atoms with Crippen molar-refractivity contribution in [2.24, 2.45) is 0 Å². The molecule has 2 amide bonds. The van der Waals surface area contributed by atoms with E-state index in [1.165, 1.54) is 17.0 Å². The molecule has 1 heterocycles. The van der Waals surface area contributed by atoms with Gasteiger partial charge in [-0.3, -0.25) is 14.5 Å². The summed E-state index contributed by atoms with van der Waals surface area (Å²) in [7, 11) is 0. The lowest BCUT2D eigenvalue weighted by molar-refractivity contribution is -0.123. The van der Waals surface area contributed by atoms with Crippen LogP contribution in [0.5, 0.6) is 5.75 Å². The van der Waals surface area contributed by atoms with Gasteiger partial charge in [0.05, 0.1) is 5.69 Å². The average Bonchev–Trinajstić information content (AvgIpc) is 2.54. The molecule has 0 spiro atoms. The Hall–Kier alpha value is -2.89. The Bertz CT molecular complexity index is 776. The van der Waals surface area contributed by atoms with Gasteiger partial charge >= 0.3 is 0 Å². The second-order valence-electron chi connectivity index (χ2n) is 5.20. The number of para-hydroxylation sites is 2. The molecule has 2 aromatic carbocycles. The van der Waals surface area contributed by atoms with Gasteiger partial charge in [-0.05, 0) is 31.2 Å². The maximum absolute atomic E-state index is 13.5. The minimum Gasteiger partial charge on any atom is -0.482 e. The van der Waals surface area contributed by atoms with Crippen LogP contribution in [0.3, 0.4) is 0 Å². The quantitative estimate of drug-likeness (QED) is 0.947. The Morgan fingerprint density at radius 3 is 2.87 bits per heavy atom. The van der Waals surface area contributed by atoms with Crippen LogP contribution >= 0.6 is 0 Å². The van der Waals surface area contributed by atoms with Gasteiger partial charge < -0.3 is 10.1 Å². The molecule has 6 heteroatoms. The first-order chi connectivity index (χ1) is 11.1. The van der Waals surface area contributed by atoms with Gasteiger partial charge in [-0.1, -0.05) is 18.2 Å². The van der Waals surface area contributed by atoms with E-state index in [4.69, 9.17) is 4.74 Å². The van der Waals surface area contributed by atoms with E-state index < -0.39 is 11.7 Å². The predicted octanol–water partition coefficient (Wildman–Crippen LogP) is 2.50. The molecule has 0 radical (unpaired) electrons. The number of ether oxygens (including phenoxy) is 1. The molecule has 0 fully saturated rings. The lowest BCUT2D eigenvalue weighted by Crippen LogP contribution is -2.43. The zero-order chi connectivity index (χ0) is 16.4. The first kappa shape index (κ1) is 15.0. The summed E-state index contributed by atoms with van der Waals surface area (Å²) in [6.45, 7) is 1.32. The maximum Gasteiger partial charge on any atom is 0.265 e. The van der Waals surface area contributed by atoms with Crippen molar-refractivity contribution in [1.82, 2.24) is 0 Å². The van der Waals surface area contributed by atoms with Crippen LogP contribution in [0.4, 0.5) is 15.8 Å². The molecule has 0 bridgehead atoms. The fraction of sp³-hybridized carbons (Fsp3) is 0.176. The van der Waals surface area contributed by atoms with Crippen molar-refractivity contribution >= 4 is 23.2 Å². The zero-order valence-electron chi connectivity index (χ0n) is 12.5. The molecule has 0 aliphatic carbocycles. The van der Waals surface area contributed by atoms with Crippen LogP contribution in [0, 0.1) is 12.7 Å². The van der Waals surface area contributed by atoms with Crippen molar-refractivity contribution in [3.8, 4) is 5.75 Å². The van der Waals surface area contributed by atoms with Gasteiger partial charge in [0.25, 0.3) is 5.91 Å². The number of hydrogen-bond donors (Lipinski definition) is 1. The van der Waals surface area contributed by atoms with E-state index in [1.54, 1.807) is 37.3 Å². The molecule has 1 aliphatic heterocycles. The molecule has 0 aromatic heterocycles. The summed E-state index contributed by atoms with van der Waals surface area (Å²) in [6.07, 6.45) is 0. The molecular formula is C17H15FN2O3. The maximum atomic E-state index is 13.5. The number of rotatable bonds is 3. The molecule has 118 valence electrons. The summed E-state index contributed by atoms with van der Waals surface area (Å²) >= 11 is 0. The van der Waals surface area contributed by atoms with Crippen molar-refractivity contribution < 1.29 is 18.7 Å². The van der Waals surface area contributed by atoms with Gasteiger partial charge in [-0.25, -0.2) is 4.39 Å². The fourth-order valence-corrected chi connectivity index (χ4v) is 2.40. The van der Waals surface area contributed by atoms with Crippen molar-refractivity contribution in [3.63, 3.8) is 0 Å². The number of halogens is 1. The highest BCUT2D eigenvalue weighted by atomic mass is 19.1. The van der Waals surface area contributed by atoms with E-state index in [0.717, 1.165) is 0 Å². The van der Waals surface area contributed by atoms with Gasteiger partial charge in [-0.15, -0.1) is 0 Å². The Labute approximate surface area is 132 Å². The van der Waals surface area contributed by atoms with Crippen LogP contribution in [0.25, 0.3) is 0 Å². The first-order valence-corrected chi connectivity index (χ1v) is 7.13. The molecule has 1 N–H and O–H groups in total. The highest BCUT2D eigenvalue weighted by Gasteiger charge is 2.27. The molecule has 5 nitrogen and oxygen atoms in total. The van der Waals surface area contributed by atoms with E-state index in [2.05, 4.69) is 5.32 Å². The van der Waals surface area contributed by atoms with Crippen molar-refractivity contribution in [3.05, 3.63) is 53.8 Å². The van der Waals surface area contributed by atoms with Gasteiger partial charge in [-0.2, -0.15) is 0 Å². The van der Waals surface area contributed by atoms with Gasteiger partial charge in [0.1, 0.15) is 18.1 Å². The number of amides is 2. The molecule has 0 saturated carbocycles. The third-order valence-corrected chi connectivity index (χ3v) is 3.65. The van der Waals surface area contributed by atoms with Gasteiger partial charge in [0.15, 0.2) is 6.61 Å². The predicted molar refractivity (Wildman–Crippen MR) is 84.1 cm³/mol. The van der Waals surface area contributed by atoms with Gasteiger partial charge in [0.2, 0.25) is 5.91 Å². The van der Waals surface area contributed by atoms with Gasteiger partial charge in [0, 0.05) is 11.3 Å². The van der Waals surface area contributed by atoms with Crippen LogP contribution < -0.4 is 15.0 Å². The largest absolute Gasteiger partial charge is 0.482 e. The average molecular weight is 314 g/mol. The van der Waals surface area contributed by atoms with E-state index in [1.807, 2.05) is 0 Å². The molecule has 23 heavy (non-hydrogen) atoms. The normalized spacial score (nSPS) is 13.3. The summed E-state index contributed by atoms with van der Waals surface area (Å²) < 4.78 is 18.8. The Kier molecular flexibility index (Phi) is 3.97. The van der Waals surface area contributed by atoms with E-state index in [0.29, 0.717) is 22.7 Å². The Balaban J connectivity index is 1.78. The number of fused-ring (bicyclic) bond motifs is 1. The summed E-state index contributed by atoms with van der Waals surface area (Å²) in [6, 6.07) is 11.5. The molecule has 0 saturated heterocycles. The van der Waals surface area contributed by atoms with Crippen molar-refractivity contribution in [1.29, 1.82) is 0 Å². The van der Waals surface area contributed by atoms with E-state index in [-0.39, 0.29) is 19.1 Å². The smallest absolute Gasteiger partial charge is 0.265 e. The number of carbonyl (C=O) groups is 2. The van der Waals surface area contributed by atoms with Crippen molar-refractivity contribution in [2.75, 3.05) is 23.4 Å². The van der Waals surface area contributed by atoms with Crippen LogP contribution in [-0.2, 0) is 9.59 Å². The third kappa shape index (κ3) is 3.01. The van der Waals surface area contributed by atoms with Crippen LogP contribution in [0.1, 0.15) is 5.56 Å². The zero-order valence-corrected chi connectivity index (χ0v) is 12.5. The summed E-state index contributed by atoms with van der Waals surface area (Å²) in [4.78, 5) is 25.6. The number of anilines is 2. The summed E-state index contributed by atoms with van der Waals surface area (Å²) in [5.74, 6) is -0.531. The SMILES string of the molecule is Cc1c(F)cccc1NC(=O)CN1C(=O)COc2ccccc21. The van der Waals surface area contributed by atoms with Crippen LogP contribution in [0.15, 0.2) is 42.5 Å². The summed E-state index contributed by atoms with van der Waals surface area (Å²) in [5.41, 5.74) is 1.30. The Morgan fingerprint density at radius 1 is 1.26 bits per heavy atom. The third-order valence-electron chi connectivity index (χ3n) is 3.65. The van der Waals surface area contributed by atoms with E-state index in [9.17, 15) is 14.0 Å². The molecule has 1 aliphatic rings. The summed E-state index contributed by atoms with van der Waals surface area (Å²) in [5, 5.41) is 2.64. The lowest BCUT2D eigenvalue weighted by atomic mass is 10.2. The number of benzene rings is 2. The molecule has 0 atom stereocenters. The molecule has 3 rings (SSSR count). The minimum absolute atomic E-state index is 0.108. The lowest BCUT2D eigenvalue weighted by Gasteiger charge is -2.28. The molecular weight excluding hydrogens is 299 g/mol. The standard InChI is InChI=1S/C17H15FN2O3/c1-11-12(18)5-4-6-13(11)19-16(21)9-20-14-7-2-3-8-15(14)23-10-17(20)22/h2-8H,9-10H2,1H3,(H,19,21). The first-order valence-electron chi connectivity index (χ1n) is 7.13.